The molecule has 0 fully saturated rings. The molecule has 5 rings (SSSR count). The monoisotopic (exact) mass is 548 g/mol. The van der Waals surface area contributed by atoms with Crippen molar-refractivity contribution in [1.82, 2.24) is 15.2 Å². The molecule has 3 N–H and O–H groups in total. The molecule has 0 saturated heterocycles. The van der Waals surface area contributed by atoms with Crippen LogP contribution in [0.1, 0.15) is 66.4 Å². The highest BCUT2D eigenvalue weighted by atomic mass is 35.5. The summed E-state index contributed by atoms with van der Waals surface area (Å²) in [5, 5.41) is 8.51. The van der Waals surface area contributed by atoms with Crippen molar-refractivity contribution in [2.24, 2.45) is 11.1 Å². The van der Waals surface area contributed by atoms with Crippen LogP contribution in [0.2, 0.25) is 5.02 Å². The van der Waals surface area contributed by atoms with E-state index in [2.05, 4.69) is 16.3 Å². The van der Waals surface area contributed by atoms with Crippen LogP contribution >= 0.6 is 23.2 Å². The Morgan fingerprint density at radius 1 is 1.13 bits per heavy atom. The predicted molar refractivity (Wildman–Crippen MR) is 149 cm³/mol. The first-order valence-corrected chi connectivity index (χ1v) is 12.8. The number of furan rings is 1. The van der Waals surface area contributed by atoms with Crippen molar-refractivity contribution >= 4 is 51.6 Å². The van der Waals surface area contributed by atoms with Gasteiger partial charge in [0.15, 0.2) is 5.76 Å². The number of Topliss-reactive ketones (excluding diaryl/α,β-unsaturated/α-hetero) is 1. The Labute approximate surface area is 229 Å². The lowest BCUT2D eigenvalue weighted by molar-refractivity contribution is 0.0822. The highest BCUT2D eigenvalue weighted by molar-refractivity contribution is 6.32. The van der Waals surface area contributed by atoms with Crippen LogP contribution in [0.3, 0.4) is 0 Å². The quantitative estimate of drug-likeness (QED) is 0.259. The number of nitrogens with two attached hydrogens (primary N) is 1. The average Bonchev–Trinajstić information content (AvgIpc) is 3.52. The molecule has 4 aromatic rings. The summed E-state index contributed by atoms with van der Waals surface area (Å²) in [4.78, 5) is 30.7. The number of carbonyl (C=O) groups is 2. The van der Waals surface area contributed by atoms with E-state index in [1.54, 1.807) is 45.2 Å². The second kappa shape index (κ2) is 9.26. The van der Waals surface area contributed by atoms with E-state index < -0.39 is 16.7 Å². The van der Waals surface area contributed by atoms with Crippen molar-refractivity contribution in [2.45, 2.75) is 39.5 Å². The molecular weight excluding hydrogens is 523 g/mol. The molecule has 7 nitrogen and oxygen atoms in total. The van der Waals surface area contributed by atoms with Crippen LogP contribution < -0.4 is 5.73 Å². The summed E-state index contributed by atoms with van der Waals surface area (Å²) in [5.74, 6) is -1.20. The Balaban J connectivity index is 1.77. The maximum atomic E-state index is 13.2. The summed E-state index contributed by atoms with van der Waals surface area (Å²) in [7, 11) is 0. The second-order valence-corrected chi connectivity index (χ2v) is 11.5. The lowest BCUT2D eigenvalue weighted by atomic mass is 9.75. The number of carbonyl (C=O) groups excluding carboxylic acids is 2. The smallest absolute Gasteiger partial charge is 0.253 e. The van der Waals surface area contributed by atoms with Crippen molar-refractivity contribution in [3.8, 4) is 11.1 Å². The number of nitrogens with one attached hydrogen (secondary N) is 1. The van der Waals surface area contributed by atoms with E-state index in [1.807, 2.05) is 31.2 Å². The highest BCUT2D eigenvalue weighted by Gasteiger charge is 2.38. The number of pyridine rings is 1. The van der Waals surface area contributed by atoms with E-state index in [1.165, 1.54) is 0 Å². The average molecular weight is 549 g/mol. The van der Waals surface area contributed by atoms with Crippen molar-refractivity contribution < 1.29 is 14.0 Å². The number of allylic oxidation sites excluding steroid dienone is 4. The summed E-state index contributed by atoms with van der Waals surface area (Å²) in [6.45, 7) is 7.26. The molecule has 3 heterocycles. The van der Waals surface area contributed by atoms with E-state index in [0.29, 0.717) is 27.6 Å². The first-order chi connectivity index (χ1) is 17.9. The maximum Gasteiger partial charge on any atom is 0.253 e. The van der Waals surface area contributed by atoms with E-state index in [9.17, 15) is 9.59 Å². The Bertz CT molecular complexity index is 1640. The zero-order valence-corrected chi connectivity index (χ0v) is 22.9. The van der Waals surface area contributed by atoms with Crippen molar-refractivity contribution in [3.63, 3.8) is 0 Å². The molecule has 0 spiro atoms. The van der Waals surface area contributed by atoms with Crippen LogP contribution in [0.5, 0.6) is 0 Å². The number of H-pyrrole nitrogens is 1. The molecule has 0 bridgehead atoms. The summed E-state index contributed by atoms with van der Waals surface area (Å²) in [6.07, 6.45) is 6.18. The summed E-state index contributed by atoms with van der Waals surface area (Å²) < 4.78 is 5.98. The number of rotatable bonds is 5. The van der Waals surface area contributed by atoms with E-state index in [0.717, 1.165) is 22.4 Å². The second-order valence-electron chi connectivity index (χ2n) is 10.7. The normalized spacial score (nSPS) is 17.8. The molecule has 0 aliphatic heterocycles. The molecule has 1 aliphatic carbocycles. The molecule has 1 aromatic carbocycles. The van der Waals surface area contributed by atoms with Crippen LogP contribution in [-0.2, 0) is 5.41 Å². The third-order valence-electron chi connectivity index (χ3n) is 6.85. The fraction of sp³-hybridized carbons (Fsp3) is 0.241. The Morgan fingerprint density at radius 3 is 2.42 bits per heavy atom. The number of aromatic nitrogens is 3. The first-order valence-electron chi connectivity index (χ1n) is 12.1. The molecule has 194 valence electrons. The van der Waals surface area contributed by atoms with Gasteiger partial charge in [-0.15, -0.1) is 0 Å². The minimum atomic E-state index is -0.796. The van der Waals surface area contributed by atoms with Crippen LogP contribution in [0, 0.1) is 5.41 Å². The van der Waals surface area contributed by atoms with E-state index in [-0.39, 0.29) is 22.8 Å². The van der Waals surface area contributed by atoms with Gasteiger partial charge in [-0.05, 0) is 54.8 Å². The molecule has 1 unspecified atom stereocenters. The zero-order chi connectivity index (χ0) is 27.4. The largest absolute Gasteiger partial charge is 0.434 e. The SMILES string of the molecule is CC(C)(C)C(=O)c1oc2nc(C3(C)CC=C(c4ccn[nH]4)C=C3Cl)c(-c3ccc(Cl)cc3)cc2c1C(N)=O. The molecule has 0 saturated carbocycles. The molecule has 1 aliphatic rings. The molecular formula is C29H26Cl2N4O3. The molecule has 0 radical (unpaired) electrons. The Kier molecular flexibility index (Phi) is 6.32. The third kappa shape index (κ3) is 4.36. The number of ketones is 1. The van der Waals surface area contributed by atoms with Crippen LogP contribution in [0.25, 0.3) is 27.8 Å². The van der Waals surface area contributed by atoms with Crippen molar-refractivity contribution in [1.29, 1.82) is 0 Å². The summed E-state index contributed by atoms with van der Waals surface area (Å²) in [6, 6.07) is 11.0. The predicted octanol–water partition coefficient (Wildman–Crippen LogP) is 7.07. The van der Waals surface area contributed by atoms with Crippen molar-refractivity contribution in [2.75, 3.05) is 0 Å². The van der Waals surface area contributed by atoms with Crippen LogP contribution in [0.4, 0.5) is 0 Å². The maximum absolute atomic E-state index is 13.2. The lowest BCUT2D eigenvalue weighted by Crippen LogP contribution is -2.26. The molecule has 1 atom stereocenters. The fourth-order valence-electron chi connectivity index (χ4n) is 4.62. The lowest BCUT2D eigenvalue weighted by Gasteiger charge is -2.32. The number of amides is 1. The van der Waals surface area contributed by atoms with Gasteiger partial charge in [0.05, 0.1) is 22.3 Å². The zero-order valence-electron chi connectivity index (χ0n) is 21.4. The number of aromatic amines is 1. The minimum Gasteiger partial charge on any atom is -0.434 e. The number of fused-ring (bicyclic) bond motifs is 1. The molecule has 38 heavy (non-hydrogen) atoms. The highest BCUT2D eigenvalue weighted by Crippen LogP contribution is 2.47. The van der Waals surface area contributed by atoms with Gasteiger partial charge in [0.1, 0.15) is 0 Å². The van der Waals surface area contributed by atoms with E-state index >= 15 is 0 Å². The fourth-order valence-corrected chi connectivity index (χ4v) is 5.03. The number of halogens is 2. The molecule has 1 amide bonds. The molecule has 9 heteroatoms. The van der Waals surface area contributed by atoms with Crippen LogP contribution in [0.15, 0.2) is 64.2 Å². The van der Waals surface area contributed by atoms with Gasteiger partial charge in [-0.2, -0.15) is 5.10 Å². The first kappa shape index (κ1) is 25.9. The van der Waals surface area contributed by atoms with Gasteiger partial charge in [-0.25, -0.2) is 4.98 Å². The Morgan fingerprint density at radius 2 is 1.84 bits per heavy atom. The number of hydrogen-bond donors (Lipinski definition) is 2. The van der Waals surface area contributed by atoms with Gasteiger partial charge >= 0.3 is 0 Å². The summed E-state index contributed by atoms with van der Waals surface area (Å²) >= 11 is 13.1. The van der Waals surface area contributed by atoms with Gasteiger partial charge in [0, 0.05) is 32.6 Å². The Hall–Kier alpha value is -3.68. The minimum absolute atomic E-state index is 0.0195. The van der Waals surface area contributed by atoms with E-state index in [4.69, 9.17) is 38.3 Å². The van der Waals surface area contributed by atoms with Crippen molar-refractivity contribution in [3.05, 3.63) is 87.5 Å². The third-order valence-corrected chi connectivity index (χ3v) is 7.62. The van der Waals surface area contributed by atoms with Gasteiger partial charge in [-0.1, -0.05) is 62.2 Å². The topological polar surface area (TPSA) is 115 Å². The number of nitrogens with zero attached hydrogens (tertiary/aromatic N) is 2. The van der Waals surface area contributed by atoms with Crippen LogP contribution in [-0.4, -0.2) is 26.9 Å². The van der Waals surface area contributed by atoms with Gasteiger partial charge in [0.2, 0.25) is 11.5 Å². The van der Waals surface area contributed by atoms with Gasteiger partial charge in [0.25, 0.3) is 5.91 Å². The van der Waals surface area contributed by atoms with Gasteiger partial charge in [-0.3, -0.25) is 14.7 Å². The standard InChI is InChI=1S/C29H26Cl2N4O3/c1-28(2,3)25(36)23-22(26(32)37)19-14-18(15-5-7-17(30)8-6-15)24(34-27(19)38-23)29(4)11-9-16(13-21(29)31)20-10-12-33-35-20/h5-10,12-14H,11H2,1-4H3,(H2,32,37)(H,33,35). The van der Waals surface area contributed by atoms with Gasteiger partial charge < -0.3 is 10.2 Å². The number of hydrogen-bond acceptors (Lipinski definition) is 5. The molecule has 3 aromatic heterocycles. The number of primary amides is 1. The summed E-state index contributed by atoms with van der Waals surface area (Å²) in [5.41, 5.74) is 8.34. The number of benzene rings is 1.